The van der Waals surface area contributed by atoms with Gasteiger partial charge in [0.15, 0.2) is 23.1 Å². The number of nitrogens with two attached hydrogens (primary N) is 2. The van der Waals surface area contributed by atoms with E-state index in [1.54, 1.807) is 12.4 Å². The molecule has 0 aliphatic heterocycles. The molecular weight excluding hydrogens is 847 g/mol. The fourth-order valence-corrected chi connectivity index (χ4v) is 7.95. The maximum atomic E-state index is 14.4. The van der Waals surface area contributed by atoms with Crippen molar-refractivity contribution in [1.82, 2.24) is 15.0 Å². The number of halogens is 5. The van der Waals surface area contributed by atoms with Gasteiger partial charge in [-0.3, -0.25) is 14.6 Å². The third kappa shape index (κ3) is 9.53. The summed E-state index contributed by atoms with van der Waals surface area (Å²) in [5, 5.41) is 1.18. The number of nitrogens with zero attached hydrogens (tertiary/aromatic N) is 3. The molecule has 0 spiro atoms. The minimum Gasteiger partial charge on any atom is -0.483 e. The Bertz CT molecular complexity index is 2570. The van der Waals surface area contributed by atoms with Gasteiger partial charge in [-0.2, -0.15) is 0 Å². The number of hydrogen-bond acceptors (Lipinski definition) is 9. The minimum absolute atomic E-state index is 0.0319. The van der Waals surface area contributed by atoms with Gasteiger partial charge in [-0.05, 0) is 71.7 Å². The van der Waals surface area contributed by atoms with Crippen molar-refractivity contribution < 1.29 is 36.6 Å². The summed E-state index contributed by atoms with van der Waals surface area (Å²) >= 11 is 6.21. The standard InChI is InChI=1S/C23H17F2N3O2S.C18H13BrF2N2O2S/c1-13-2-4-14(5-3-13)21-22(15-8-10-27-11-9-15)31-18(28-21)12-30-17-7-6-16(24)19(20(17)25)23(26)29;1-9-2-4-10(5-3-9)16-17(19)26-13(23-16)8-25-12-7-6-11(20)14(15(12)21)18(22)24/h2-11H,12H2,1H3,(H2,26,29);2-7H,8H2,1H3,(H2,22,24). The van der Waals surface area contributed by atoms with Crippen molar-refractivity contribution in [1.29, 1.82) is 0 Å². The van der Waals surface area contributed by atoms with Crippen LogP contribution < -0.4 is 20.9 Å². The second-order valence-electron chi connectivity index (χ2n) is 12.3. The number of hydrogen-bond donors (Lipinski definition) is 2. The zero-order valence-electron chi connectivity index (χ0n) is 30.0. The Balaban J connectivity index is 0.000000196. The van der Waals surface area contributed by atoms with E-state index in [0.717, 1.165) is 72.1 Å². The van der Waals surface area contributed by atoms with E-state index in [9.17, 15) is 27.2 Å². The zero-order chi connectivity index (χ0) is 40.8. The Morgan fingerprint density at radius 3 is 1.53 bits per heavy atom. The van der Waals surface area contributed by atoms with Gasteiger partial charge in [0.2, 0.25) is 0 Å². The fourth-order valence-electron chi connectivity index (χ4n) is 5.35. The maximum absolute atomic E-state index is 14.4. The van der Waals surface area contributed by atoms with E-state index in [4.69, 9.17) is 25.9 Å². The molecule has 0 aliphatic rings. The zero-order valence-corrected chi connectivity index (χ0v) is 33.2. The normalized spacial score (nSPS) is 10.8. The molecule has 290 valence electrons. The Labute approximate surface area is 340 Å². The third-order valence-corrected chi connectivity index (χ3v) is 11.0. The lowest BCUT2D eigenvalue weighted by molar-refractivity contribution is 0.0982. The number of aromatic nitrogens is 3. The number of rotatable bonds is 11. The van der Waals surface area contributed by atoms with E-state index in [-0.39, 0.29) is 24.7 Å². The van der Waals surface area contributed by atoms with Crippen LogP contribution in [0.2, 0.25) is 0 Å². The predicted octanol–water partition coefficient (Wildman–Crippen LogP) is 9.97. The minimum atomic E-state index is -1.20. The van der Waals surface area contributed by atoms with Gasteiger partial charge in [-0.15, -0.1) is 22.7 Å². The molecule has 0 aliphatic carbocycles. The first-order valence-electron chi connectivity index (χ1n) is 16.8. The van der Waals surface area contributed by atoms with E-state index in [0.29, 0.717) is 10.0 Å². The van der Waals surface area contributed by atoms with Crippen molar-refractivity contribution >= 4 is 50.4 Å². The van der Waals surface area contributed by atoms with Crippen LogP contribution in [0.4, 0.5) is 17.6 Å². The number of aryl methyl sites for hydroxylation is 2. The summed E-state index contributed by atoms with van der Waals surface area (Å²) in [7, 11) is 0. The Kier molecular flexibility index (Phi) is 12.8. The molecule has 7 rings (SSSR count). The Morgan fingerprint density at radius 2 is 1.05 bits per heavy atom. The predicted molar refractivity (Wildman–Crippen MR) is 214 cm³/mol. The van der Waals surface area contributed by atoms with Crippen LogP contribution in [0.1, 0.15) is 41.9 Å². The first-order valence-corrected chi connectivity index (χ1v) is 19.2. The summed E-state index contributed by atoms with van der Waals surface area (Å²) in [6, 6.07) is 23.7. The summed E-state index contributed by atoms with van der Waals surface area (Å²) in [6.45, 7) is 3.91. The van der Waals surface area contributed by atoms with Gasteiger partial charge in [0, 0.05) is 23.5 Å². The number of thiazole rings is 2. The number of primary amides is 2. The molecule has 4 N–H and O–H groups in total. The quantitative estimate of drug-likeness (QED) is 0.123. The van der Waals surface area contributed by atoms with Gasteiger partial charge in [-0.25, -0.2) is 27.5 Å². The molecule has 7 aromatic rings. The largest absolute Gasteiger partial charge is 0.483 e. The van der Waals surface area contributed by atoms with Gasteiger partial charge < -0.3 is 20.9 Å². The highest BCUT2D eigenvalue weighted by atomic mass is 79.9. The SMILES string of the molecule is Cc1ccc(-c2nc(COc3ccc(F)c(C(N)=O)c3F)sc2-c2ccncc2)cc1.Cc1ccc(-c2nc(COc3ccc(F)c(C(N)=O)c3F)sc2Br)cc1. The molecule has 9 nitrogen and oxygen atoms in total. The van der Waals surface area contributed by atoms with Crippen molar-refractivity contribution in [2.75, 3.05) is 0 Å². The molecule has 0 bridgehead atoms. The second-order valence-corrected chi connectivity index (χ2v) is 15.7. The topological polar surface area (TPSA) is 143 Å². The summed E-state index contributed by atoms with van der Waals surface area (Å²) in [5.74, 6) is -7.23. The summed E-state index contributed by atoms with van der Waals surface area (Å²) in [4.78, 5) is 36.6. The van der Waals surface area contributed by atoms with Crippen molar-refractivity contribution in [2.24, 2.45) is 11.5 Å². The lowest BCUT2D eigenvalue weighted by atomic mass is 10.1. The summed E-state index contributed by atoms with van der Waals surface area (Å²) < 4.78 is 67.5. The monoisotopic (exact) mass is 875 g/mol. The van der Waals surface area contributed by atoms with Crippen molar-refractivity contribution in [3.63, 3.8) is 0 Å². The average molecular weight is 877 g/mol. The van der Waals surface area contributed by atoms with Gasteiger partial charge in [0.25, 0.3) is 11.8 Å². The fraction of sp³-hybridized carbons (Fsp3) is 0.0976. The highest BCUT2D eigenvalue weighted by Gasteiger charge is 2.22. The van der Waals surface area contributed by atoms with Crippen LogP contribution in [0, 0.1) is 37.1 Å². The van der Waals surface area contributed by atoms with Crippen molar-refractivity contribution in [3.8, 4) is 44.5 Å². The highest BCUT2D eigenvalue weighted by molar-refractivity contribution is 9.11. The number of carbonyl (C=O) groups is 2. The van der Waals surface area contributed by atoms with E-state index in [1.165, 1.54) is 22.7 Å². The molecule has 0 saturated heterocycles. The molecule has 4 aromatic carbocycles. The van der Waals surface area contributed by atoms with E-state index < -0.39 is 46.2 Å². The van der Waals surface area contributed by atoms with Crippen LogP contribution in [0.15, 0.2) is 101 Å². The molecule has 3 heterocycles. The molecule has 16 heteroatoms. The first-order chi connectivity index (χ1) is 27.3. The number of carbonyl (C=O) groups excluding carboxylic acids is 2. The van der Waals surface area contributed by atoms with E-state index in [1.807, 2.05) is 74.5 Å². The molecule has 0 unspecified atom stereocenters. The first kappa shape index (κ1) is 40.7. The number of benzene rings is 4. The lowest BCUT2D eigenvalue weighted by Crippen LogP contribution is -2.16. The molecular formula is C41H30BrF4N5O4S2. The molecule has 0 radical (unpaired) electrons. The Morgan fingerprint density at radius 1 is 0.614 bits per heavy atom. The van der Waals surface area contributed by atoms with Gasteiger partial charge in [0.1, 0.15) is 46.0 Å². The lowest BCUT2D eigenvalue weighted by Gasteiger charge is -2.08. The van der Waals surface area contributed by atoms with Crippen LogP contribution in [0.5, 0.6) is 11.5 Å². The van der Waals surface area contributed by atoms with E-state index in [2.05, 4.69) is 25.9 Å². The number of ether oxygens (including phenoxy) is 2. The van der Waals surface area contributed by atoms with Crippen LogP contribution >= 0.6 is 38.6 Å². The summed E-state index contributed by atoms with van der Waals surface area (Å²) in [6.07, 6.45) is 3.40. The van der Waals surface area contributed by atoms with Crippen molar-refractivity contribution in [3.05, 3.63) is 157 Å². The molecule has 0 atom stereocenters. The second kappa shape index (κ2) is 17.9. The maximum Gasteiger partial charge on any atom is 0.254 e. The molecule has 57 heavy (non-hydrogen) atoms. The third-order valence-electron chi connectivity index (χ3n) is 8.20. The Hall–Kier alpha value is -5.97. The van der Waals surface area contributed by atoms with Crippen LogP contribution in [-0.2, 0) is 13.2 Å². The van der Waals surface area contributed by atoms with Gasteiger partial charge in [-0.1, -0.05) is 59.7 Å². The number of amides is 2. The smallest absolute Gasteiger partial charge is 0.254 e. The molecule has 0 saturated carbocycles. The average Bonchev–Trinajstić information content (AvgIpc) is 3.78. The summed E-state index contributed by atoms with van der Waals surface area (Å²) in [5.41, 5.74) is 15.0. The van der Waals surface area contributed by atoms with Crippen molar-refractivity contribution in [2.45, 2.75) is 27.1 Å². The van der Waals surface area contributed by atoms with E-state index >= 15 is 0 Å². The molecule has 2 amide bonds. The molecule has 0 fully saturated rings. The van der Waals surface area contributed by atoms with Crippen LogP contribution in [0.25, 0.3) is 33.0 Å². The van der Waals surface area contributed by atoms with Gasteiger partial charge >= 0.3 is 0 Å². The van der Waals surface area contributed by atoms with Crippen LogP contribution in [-0.4, -0.2) is 26.8 Å². The van der Waals surface area contributed by atoms with Crippen LogP contribution in [0.3, 0.4) is 0 Å². The number of pyridine rings is 1. The highest BCUT2D eigenvalue weighted by Crippen LogP contribution is 2.38. The molecule has 3 aromatic heterocycles. The van der Waals surface area contributed by atoms with Gasteiger partial charge in [0.05, 0.1) is 20.1 Å².